The second-order valence-electron chi connectivity index (χ2n) is 6.03. The van der Waals surface area contributed by atoms with Gasteiger partial charge in [0, 0.05) is 6.20 Å². The van der Waals surface area contributed by atoms with Gasteiger partial charge in [-0.1, -0.05) is 5.16 Å². The van der Waals surface area contributed by atoms with Crippen molar-refractivity contribution in [1.82, 2.24) is 9.55 Å². The molecule has 0 aliphatic heterocycles. The third-order valence-corrected chi connectivity index (χ3v) is 3.58. The Morgan fingerprint density at radius 3 is 2.63 bits per heavy atom. The highest BCUT2D eigenvalue weighted by Gasteiger charge is 2.16. The van der Waals surface area contributed by atoms with Gasteiger partial charge in [-0.05, 0) is 39.0 Å². The summed E-state index contributed by atoms with van der Waals surface area (Å²) in [7, 11) is 1.35. The van der Waals surface area contributed by atoms with Crippen molar-refractivity contribution in [3.63, 3.8) is 0 Å². The van der Waals surface area contributed by atoms with E-state index in [1.807, 2.05) is 0 Å². The van der Waals surface area contributed by atoms with Crippen LogP contribution in [0.25, 0.3) is 0 Å². The number of ether oxygens (including phenoxy) is 1. The summed E-state index contributed by atoms with van der Waals surface area (Å²) in [4.78, 5) is 43.8. The Hall–Kier alpha value is -3.23. The number of hydrogen-bond acceptors (Lipinski definition) is 6. The molecule has 0 amide bonds. The Morgan fingerprint density at radius 2 is 2.00 bits per heavy atom. The first kappa shape index (κ1) is 20.1. The van der Waals surface area contributed by atoms with E-state index in [0.29, 0.717) is 0 Å². The molecule has 27 heavy (non-hydrogen) atoms. The van der Waals surface area contributed by atoms with E-state index in [2.05, 4.69) is 10.1 Å². The van der Waals surface area contributed by atoms with Gasteiger partial charge in [0.05, 0.1) is 30.5 Å². The lowest BCUT2D eigenvalue weighted by atomic mass is 10.1. The zero-order valence-corrected chi connectivity index (χ0v) is 15.4. The number of methoxy groups -OCH3 is 1. The number of oxime groups is 1. The van der Waals surface area contributed by atoms with Crippen LogP contribution < -0.4 is 16.0 Å². The smallest absolute Gasteiger partial charge is 0.328 e. The number of H-pyrrole nitrogens is 1. The quantitative estimate of drug-likeness (QED) is 0.450. The molecule has 0 aliphatic rings. The van der Waals surface area contributed by atoms with E-state index in [4.69, 9.17) is 9.57 Å². The van der Waals surface area contributed by atoms with E-state index in [1.54, 1.807) is 20.8 Å². The molecule has 144 valence electrons. The Labute approximate surface area is 154 Å². The number of rotatable bonds is 7. The summed E-state index contributed by atoms with van der Waals surface area (Å²) in [5.41, 5.74) is -1.11. The standard InChI is InChI=1S/C18H20FN3O5/c1-10(2)27-21-11(3)14-8-22(18(25)20-17(14)24)9-15(23)13-7-12(19)5-6-16(13)26-4/h5-8,10H,9H2,1-4H3,(H,20,24,25). The lowest BCUT2D eigenvalue weighted by molar-refractivity contribution is 0.0860. The molecule has 0 spiro atoms. The van der Waals surface area contributed by atoms with Crippen LogP contribution in [0.1, 0.15) is 36.7 Å². The van der Waals surface area contributed by atoms with Gasteiger partial charge in [-0.3, -0.25) is 19.1 Å². The minimum absolute atomic E-state index is 0.00863. The third kappa shape index (κ3) is 4.90. The SMILES string of the molecule is COc1ccc(F)cc1C(=O)Cn1cc(C(C)=NOC(C)C)c(=O)[nH]c1=O. The molecule has 0 bridgehead atoms. The number of aromatic nitrogens is 2. The molecule has 2 rings (SSSR count). The van der Waals surface area contributed by atoms with Crippen molar-refractivity contribution in [2.45, 2.75) is 33.4 Å². The summed E-state index contributed by atoms with van der Waals surface area (Å²) in [6, 6.07) is 3.51. The lowest BCUT2D eigenvalue weighted by Gasteiger charge is -2.10. The van der Waals surface area contributed by atoms with Crippen LogP contribution in [0.4, 0.5) is 4.39 Å². The van der Waals surface area contributed by atoms with Gasteiger partial charge in [0.25, 0.3) is 5.56 Å². The Morgan fingerprint density at radius 1 is 1.30 bits per heavy atom. The van der Waals surface area contributed by atoms with Gasteiger partial charge >= 0.3 is 5.69 Å². The summed E-state index contributed by atoms with van der Waals surface area (Å²) in [6.45, 7) is 4.67. The Balaban J connectivity index is 2.40. The molecule has 8 nitrogen and oxygen atoms in total. The van der Waals surface area contributed by atoms with Crippen molar-refractivity contribution < 1.29 is 18.8 Å². The van der Waals surface area contributed by atoms with Crippen LogP contribution in [0.2, 0.25) is 0 Å². The first-order valence-corrected chi connectivity index (χ1v) is 8.14. The van der Waals surface area contributed by atoms with Crippen LogP contribution in [0.3, 0.4) is 0 Å². The summed E-state index contributed by atoms with van der Waals surface area (Å²) < 4.78 is 19.5. The van der Waals surface area contributed by atoms with Crippen molar-refractivity contribution in [2.75, 3.05) is 7.11 Å². The predicted molar refractivity (Wildman–Crippen MR) is 97.0 cm³/mol. The molecular weight excluding hydrogens is 357 g/mol. The molecule has 2 aromatic rings. The lowest BCUT2D eigenvalue weighted by Crippen LogP contribution is -2.34. The maximum absolute atomic E-state index is 13.5. The van der Waals surface area contributed by atoms with E-state index < -0.39 is 29.4 Å². The average molecular weight is 377 g/mol. The topological polar surface area (TPSA) is 103 Å². The highest BCUT2D eigenvalue weighted by molar-refractivity contribution is 5.99. The van der Waals surface area contributed by atoms with Crippen molar-refractivity contribution >= 4 is 11.5 Å². The van der Waals surface area contributed by atoms with Crippen LogP contribution >= 0.6 is 0 Å². The summed E-state index contributed by atoms with van der Waals surface area (Å²) >= 11 is 0. The number of carbonyl (C=O) groups is 1. The zero-order valence-electron chi connectivity index (χ0n) is 15.4. The van der Waals surface area contributed by atoms with Gasteiger partial charge in [0.1, 0.15) is 17.7 Å². The van der Waals surface area contributed by atoms with Crippen LogP contribution in [0.15, 0.2) is 39.1 Å². The molecule has 0 saturated heterocycles. The molecular formula is C18H20FN3O5. The van der Waals surface area contributed by atoms with E-state index in [0.717, 1.165) is 16.7 Å². The molecule has 1 aromatic carbocycles. The molecule has 1 N–H and O–H groups in total. The van der Waals surface area contributed by atoms with Gasteiger partial charge in [0.15, 0.2) is 5.78 Å². The summed E-state index contributed by atoms with van der Waals surface area (Å²) in [5, 5.41) is 3.83. The average Bonchev–Trinajstić information content (AvgIpc) is 2.61. The van der Waals surface area contributed by atoms with Crippen molar-refractivity contribution in [1.29, 1.82) is 0 Å². The van der Waals surface area contributed by atoms with Gasteiger partial charge < -0.3 is 9.57 Å². The zero-order chi connectivity index (χ0) is 20.1. The van der Waals surface area contributed by atoms with E-state index in [9.17, 15) is 18.8 Å². The first-order chi connectivity index (χ1) is 12.7. The van der Waals surface area contributed by atoms with Gasteiger partial charge in [-0.2, -0.15) is 0 Å². The van der Waals surface area contributed by atoms with Crippen molar-refractivity contribution in [3.05, 3.63) is 62.2 Å². The first-order valence-electron chi connectivity index (χ1n) is 8.14. The maximum atomic E-state index is 13.5. The van der Waals surface area contributed by atoms with Crippen molar-refractivity contribution in [3.8, 4) is 5.75 Å². The van der Waals surface area contributed by atoms with Crippen LogP contribution in [0.5, 0.6) is 5.75 Å². The molecule has 1 aromatic heterocycles. The number of Topliss-reactive ketones (excluding diaryl/α,β-unsaturated/α-hetero) is 1. The Kier molecular flexibility index (Phi) is 6.27. The molecule has 0 radical (unpaired) electrons. The number of hydrogen-bond donors (Lipinski definition) is 1. The molecule has 0 unspecified atom stereocenters. The molecule has 0 atom stereocenters. The third-order valence-electron chi connectivity index (χ3n) is 3.58. The number of halogens is 1. The highest BCUT2D eigenvalue weighted by atomic mass is 19.1. The number of nitrogens with zero attached hydrogens (tertiary/aromatic N) is 2. The fraction of sp³-hybridized carbons (Fsp3) is 0.333. The summed E-state index contributed by atoms with van der Waals surface area (Å²) in [5.74, 6) is -0.982. The Bertz CT molecular complexity index is 991. The predicted octanol–water partition coefficient (Wildman–Crippen LogP) is 1.72. The fourth-order valence-corrected chi connectivity index (χ4v) is 2.26. The second-order valence-corrected chi connectivity index (χ2v) is 6.03. The summed E-state index contributed by atoms with van der Waals surface area (Å²) in [6.07, 6.45) is 1.03. The molecule has 0 fully saturated rings. The van der Waals surface area contributed by atoms with Gasteiger partial charge in [0.2, 0.25) is 0 Å². The molecule has 1 heterocycles. The second kappa shape index (κ2) is 8.43. The van der Waals surface area contributed by atoms with Crippen molar-refractivity contribution in [2.24, 2.45) is 5.16 Å². The number of carbonyl (C=O) groups excluding carboxylic acids is 1. The van der Waals surface area contributed by atoms with Gasteiger partial charge in [-0.25, -0.2) is 9.18 Å². The minimum atomic E-state index is -0.773. The molecule has 0 saturated carbocycles. The van der Waals surface area contributed by atoms with Crippen LogP contribution in [-0.4, -0.2) is 34.3 Å². The minimum Gasteiger partial charge on any atom is -0.496 e. The largest absolute Gasteiger partial charge is 0.496 e. The normalized spacial score (nSPS) is 11.6. The number of benzene rings is 1. The number of nitrogens with one attached hydrogen (secondary N) is 1. The van der Waals surface area contributed by atoms with E-state index >= 15 is 0 Å². The highest BCUT2D eigenvalue weighted by Crippen LogP contribution is 2.20. The van der Waals surface area contributed by atoms with Crippen LogP contribution in [0, 0.1) is 5.82 Å². The monoisotopic (exact) mass is 377 g/mol. The maximum Gasteiger partial charge on any atom is 0.328 e. The fourth-order valence-electron chi connectivity index (χ4n) is 2.26. The number of aromatic amines is 1. The van der Waals surface area contributed by atoms with E-state index in [1.165, 1.54) is 19.4 Å². The van der Waals surface area contributed by atoms with Crippen LogP contribution in [-0.2, 0) is 11.4 Å². The molecule has 0 aliphatic carbocycles. The van der Waals surface area contributed by atoms with Gasteiger partial charge in [-0.15, -0.1) is 0 Å². The molecule has 9 heteroatoms. The number of ketones is 1. The van der Waals surface area contributed by atoms with E-state index in [-0.39, 0.29) is 28.7 Å².